The first-order chi connectivity index (χ1) is 13.0. The lowest BCUT2D eigenvalue weighted by Crippen LogP contribution is -2.18. The van der Waals surface area contributed by atoms with Gasteiger partial charge in [-0.15, -0.1) is 0 Å². The number of anilines is 5. The minimum atomic E-state index is -0.463. The number of aromatic nitrogens is 2. The Kier molecular flexibility index (Phi) is 5.16. The second-order valence-corrected chi connectivity index (χ2v) is 5.66. The number of benzene rings is 2. The summed E-state index contributed by atoms with van der Waals surface area (Å²) in [5.74, 6) is -0.0224. The molecule has 0 fully saturated rings. The monoisotopic (exact) mass is 367 g/mol. The molecule has 2 aromatic carbocycles. The molecule has 0 unspecified atom stereocenters. The van der Waals surface area contributed by atoms with E-state index in [1.165, 1.54) is 25.6 Å². The number of halogens is 1. The van der Waals surface area contributed by atoms with Crippen LogP contribution in [0.1, 0.15) is 10.4 Å². The summed E-state index contributed by atoms with van der Waals surface area (Å²) < 4.78 is 17.9. The number of esters is 1. The van der Waals surface area contributed by atoms with E-state index in [1.807, 2.05) is 0 Å². The number of hydrogen-bond acceptors (Lipinski definition) is 7. The molecule has 0 saturated carbocycles. The van der Waals surface area contributed by atoms with E-state index in [4.69, 9.17) is 10.5 Å². The summed E-state index contributed by atoms with van der Waals surface area (Å²) in [6.45, 7) is 0. The molecule has 0 spiro atoms. The molecule has 3 rings (SSSR count). The van der Waals surface area contributed by atoms with Gasteiger partial charge in [-0.25, -0.2) is 19.2 Å². The van der Waals surface area contributed by atoms with Crippen LogP contribution in [0.15, 0.2) is 54.9 Å². The molecule has 1 aromatic heterocycles. The van der Waals surface area contributed by atoms with Crippen molar-refractivity contribution in [3.63, 3.8) is 0 Å². The van der Waals surface area contributed by atoms with Gasteiger partial charge in [-0.1, -0.05) is 12.1 Å². The van der Waals surface area contributed by atoms with E-state index in [2.05, 4.69) is 15.3 Å². The number of nitrogens with two attached hydrogens (primary N) is 1. The molecule has 138 valence electrons. The Labute approximate surface area is 155 Å². The normalized spacial score (nSPS) is 10.3. The van der Waals surface area contributed by atoms with Gasteiger partial charge in [0.05, 0.1) is 18.4 Å². The molecule has 0 amide bonds. The van der Waals surface area contributed by atoms with Gasteiger partial charge in [-0.3, -0.25) is 0 Å². The highest BCUT2D eigenvalue weighted by Crippen LogP contribution is 2.33. The molecule has 8 heteroatoms. The van der Waals surface area contributed by atoms with Crippen LogP contribution in [0.4, 0.5) is 33.1 Å². The molecular formula is C19H18FN5O2. The average molecular weight is 367 g/mol. The quantitative estimate of drug-likeness (QED) is 0.667. The van der Waals surface area contributed by atoms with Crippen molar-refractivity contribution in [2.75, 3.05) is 30.1 Å². The fourth-order valence-corrected chi connectivity index (χ4v) is 2.59. The number of carbonyl (C=O) groups is 1. The first-order valence-corrected chi connectivity index (χ1v) is 8.05. The minimum absolute atomic E-state index is 0.281. The van der Waals surface area contributed by atoms with E-state index < -0.39 is 5.97 Å². The van der Waals surface area contributed by atoms with Crippen LogP contribution in [0, 0.1) is 5.82 Å². The molecule has 0 saturated heterocycles. The zero-order chi connectivity index (χ0) is 19.4. The summed E-state index contributed by atoms with van der Waals surface area (Å²) in [5.41, 5.74) is 8.12. The Morgan fingerprint density at radius 1 is 1.15 bits per heavy atom. The molecule has 27 heavy (non-hydrogen) atoms. The van der Waals surface area contributed by atoms with Gasteiger partial charge in [0.2, 0.25) is 0 Å². The number of rotatable bonds is 5. The fraction of sp³-hybridized carbons (Fsp3) is 0.105. The van der Waals surface area contributed by atoms with Crippen molar-refractivity contribution < 1.29 is 13.9 Å². The van der Waals surface area contributed by atoms with E-state index >= 15 is 0 Å². The standard InChI is InChI=1S/C19H18FN5O2/c1-25(15-6-4-3-5-14(15)19(26)27-2)18-16(21)17(22-11-23-18)24-13-9-7-12(20)8-10-13/h3-11H,21H2,1-2H3,(H,22,23,24). The largest absolute Gasteiger partial charge is 0.465 e. The number of nitrogens with zero attached hydrogens (tertiary/aromatic N) is 3. The Bertz CT molecular complexity index is 963. The first-order valence-electron chi connectivity index (χ1n) is 8.05. The van der Waals surface area contributed by atoms with E-state index in [-0.39, 0.29) is 11.5 Å². The Morgan fingerprint density at radius 2 is 1.85 bits per heavy atom. The SMILES string of the molecule is COC(=O)c1ccccc1N(C)c1ncnc(Nc2ccc(F)cc2)c1N. The second-order valence-electron chi connectivity index (χ2n) is 5.66. The van der Waals surface area contributed by atoms with Gasteiger partial charge in [0.25, 0.3) is 0 Å². The maximum atomic E-state index is 13.1. The van der Waals surface area contributed by atoms with Crippen molar-refractivity contribution in [1.29, 1.82) is 0 Å². The molecule has 0 bridgehead atoms. The third kappa shape index (κ3) is 3.79. The van der Waals surface area contributed by atoms with Crippen LogP contribution in [0.25, 0.3) is 0 Å². The summed E-state index contributed by atoms with van der Waals surface area (Å²) >= 11 is 0. The Morgan fingerprint density at radius 3 is 2.56 bits per heavy atom. The lowest BCUT2D eigenvalue weighted by molar-refractivity contribution is 0.0601. The predicted octanol–water partition coefficient (Wildman–Crippen LogP) is 3.50. The zero-order valence-corrected chi connectivity index (χ0v) is 14.8. The molecule has 0 atom stereocenters. The highest BCUT2D eigenvalue weighted by atomic mass is 19.1. The summed E-state index contributed by atoms with van der Waals surface area (Å²) in [6.07, 6.45) is 1.36. The number of para-hydroxylation sites is 1. The smallest absolute Gasteiger partial charge is 0.339 e. The summed E-state index contributed by atoms with van der Waals surface area (Å²) in [6, 6.07) is 12.8. The molecule has 0 aliphatic carbocycles. The molecule has 7 nitrogen and oxygen atoms in total. The lowest BCUT2D eigenvalue weighted by atomic mass is 10.1. The number of carbonyl (C=O) groups excluding carboxylic acids is 1. The van der Waals surface area contributed by atoms with Gasteiger partial charge in [0.15, 0.2) is 11.6 Å². The maximum Gasteiger partial charge on any atom is 0.339 e. The highest BCUT2D eigenvalue weighted by Gasteiger charge is 2.19. The number of ether oxygens (including phenoxy) is 1. The Hall–Kier alpha value is -3.68. The number of nitrogens with one attached hydrogen (secondary N) is 1. The topological polar surface area (TPSA) is 93.4 Å². The summed E-state index contributed by atoms with van der Waals surface area (Å²) in [7, 11) is 3.06. The molecule has 0 aliphatic heterocycles. The van der Waals surface area contributed by atoms with E-state index in [9.17, 15) is 9.18 Å². The molecular weight excluding hydrogens is 349 g/mol. The van der Waals surface area contributed by atoms with Crippen LogP contribution >= 0.6 is 0 Å². The first kappa shape index (κ1) is 18.1. The van der Waals surface area contributed by atoms with Crippen molar-refractivity contribution in [1.82, 2.24) is 9.97 Å². The lowest BCUT2D eigenvalue weighted by Gasteiger charge is -2.23. The van der Waals surface area contributed by atoms with Crippen molar-refractivity contribution in [2.24, 2.45) is 0 Å². The van der Waals surface area contributed by atoms with E-state index in [0.29, 0.717) is 28.6 Å². The Balaban J connectivity index is 1.96. The third-order valence-electron chi connectivity index (χ3n) is 3.96. The highest BCUT2D eigenvalue weighted by molar-refractivity contribution is 5.97. The van der Waals surface area contributed by atoms with Crippen LogP contribution < -0.4 is 16.0 Å². The van der Waals surface area contributed by atoms with Crippen molar-refractivity contribution in [3.05, 3.63) is 66.2 Å². The van der Waals surface area contributed by atoms with Crippen LogP contribution in [0.3, 0.4) is 0 Å². The molecule has 0 radical (unpaired) electrons. The third-order valence-corrected chi connectivity index (χ3v) is 3.96. The minimum Gasteiger partial charge on any atom is -0.465 e. The van der Waals surface area contributed by atoms with Gasteiger partial charge < -0.3 is 20.7 Å². The van der Waals surface area contributed by atoms with Crippen LogP contribution in [0.2, 0.25) is 0 Å². The van der Waals surface area contributed by atoms with Gasteiger partial charge in [-0.2, -0.15) is 0 Å². The van der Waals surface area contributed by atoms with E-state index in [1.54, 1.807) is 48.3 Å². The average Bonchev–Trinajstić information content (AvgIpc) is 2.70. The summed E-state index contributed by atoms with van der Waals surface area (Å²) in [5, 5.41) is 3.03. The number of hydrogen-bond donors (Lipinski definition) is 2. The van der Waals surface area contributed by atoms with Gasteiger partial charge >= 0.3 is 5.97 Å². The predicted molar refractivity (Wildman–Crippen MR) is 102 cm³/mol. The number of nitrogen functional groups attached to an aromatic ring is 1. The summed E-state index contributed by atoms with van der Waals surface area (Å²) in [4.78, 5) is 22.1. The van der Waals surface area contributed by atoms with E-state index in [0.717, 1.165) is 0 Å². The molecule has 1 heterocycles. The van der Waals surface area contributed by atoms with Crippen molar-refractivity contribution in [2.45, 2.75) is 0 Å². The van der Waals surface area contributed by atoms with Gasteiger partial charge in [0.1, 0.15) is 17.8 Å². The van der Waals surface area contributed by atoms with Crippen molar-refractivity contribution in [3.8, 4) is 0 Å². The maximum absolute atomic E-state index is 13.1. The second kappa shape index (κ2) is 7.69. The molecule has 3 N–H and O–H groups in total. The number of methoxy groups -OCH3 is 1. The molecule has 3 aromatic rings. The van der Waals surface area contributed by atoms with Gasteiger partial charge in [-0.05, 0) is 36.4 Å². The van der Waals surface area contributed by atoms with Crippen LogP contribution in [-0.2, 0) is 4.74 Å². The fourth-order valence-electron chi connectivity index (χ4n) is 2.59. The van der Waals surface area contributed by atoms with Crippen molar-refractivity contribution >= 4 is 34.7 Å². The van der Waals surface area contributed by atoms with Gasteiger partial charge in [0, 0.05) is 12.7 Å². The van der Waals surface area contributed by atoms with Crippen LogP contribution in [0.5, 0.6) is 0 Å². The molecule has 0 aliphatic rings. The zero-order valence-electron chi connectivity index (χ0n) is 14.8. The van der Waals surface area contributed by atoms with Crippen LogP contribution in [-0.4, -0.2) is 30.1 Å².